The van der Waals surface area contributed by atoms with Crippen molar-refractivity contribution in [3.8, 4) is 17.2 Å². The lowest BCUT2D eigenvalue weighted by molar-refractivity contribution is -0.384. The normalized spacial score (nSPS) is 10.2. The van der Waals surface area contributed by atoms with Crippen LogP contribution in [0, 0.1) is 21.4 Å². The Balaban J connectivity index is 2.78. The molecule has 0 aliphatic heterocycles. The van der Waals surface area contributed by atoms with E-state index in [0.717, 1.165) is 0 Å². The zero-order valence-corrected chi connectivity index (χ0v) is 14.4. The van der Waals surface area contributed by atoms with Gasteiger partial charge in [-0.05, 0) is 39.2 Å². The van der Waals surface area contributed by atoms with Crippen LogP contribution in [-0.4, -0.2) is 4.92 Å². The van der Waals surface area contributed by atoms with E-state index in [1.807, 2.05) is 0 Å². The molecule has 7 heteroatoms. The highest BCUT2D eigenvalue weighted by molar-refractivity contribution is 9.11. The van der Waals surface area contributed by atoms with Crippen LogP contribution in [0.1, 0.15) is 5.56 Å². The van der Waals surface area contributed by atoms with Gasteiger partial charge in [-0.3, -0.25) is 10.1 Å². The number of hydrogen-bond donors (Lipinski definition) is 0. The van der Waals surface area contributed by atoms with E-state index in [2.05, 4.69) is 37.9 Å². The summed E-state index contributed by atoms with van der Waals surface area (Å²) in [5.41, 5.74) is 1.72. The van der Waals surface area contributed by atoms with Crippen LogP contribution in [0.3, 0.4) is 0 Å². The summed E-state index contributed by atoms with van der Waals surface area (Å²) >= 11 is 12.5. The van der Waals surface area contributed by atoms with Gasteiger partial charge in [0.05, 0.1) is 23.0 Å². The predicted octanol–water partition coefficient (Wildman–Crippen LogP) is 5.51. The molecule has 0 aliphatic carbocycles. The molecule has 0 amide bonds. The molecule has 4 nitrogen and oxygen atoms in total. The molecular formula is C14H7Br2ClN2O2. The monoisotopic (exact) mass is 428 g/mol. The third kappa shape index (κ3) is 3.26. The van der Waals surface area contributed by atoms with Crippen molar-refractivity contribution in [1.29, 1.82) is 5.26 Å². The van der Waals surface area contributed by atoms with E-state index in [-0.39, 0.29) is 12.1 Å². The van der Waals surface area contributed by atoms with Crippen LogP contribution in [0.4, 0.5) is 5.69 Å². The quantitative estimate of drug-likeness (QED) is 0.477. The molecular weight excluding hydrogens is 423 g/mol. The number of rotatable bonds is 3. The number of nitriles is 1. The van der Waals surface area contributed by atoms with Gasteiger partial charge in [-0.2, -0.15) is 5.26 Å². The first kappa shape index (κ1) is 16.0. The third-order valence-corrected chi connectivity index (χ3v) is 4.71. The van der Waals surface area contributed by atoms with Gasteiger partial charge in [-0.1, -0.05) is 39.7 Å². The Kier molecular flexibility index (Phi) is 4.99. The lowest BCUT2D eigenvalue weighted by Gasteiger charge is -2.11. The lowest BCUT2D eigenvalue weighted by Crippen LogP contribution is -1.98. The largest absolute Gasteiger partial charge is 0.279 e. The van der Waals surface area contributed by atoms with Gasteiger partial charge in [-0.15, -0.1) is 0 Å². The van der Waals surface area contributed by atoms with Crippen molar-refractivity contribution in [2.24, 2.45) is 0 Å². The van der Waals surface area contributed by atoms with Crippen LogP contribution in [0.2, 0.25) is 5.02 Å². The Hall–Kier alpha value is -1.42. The van der Waals surface area contributed by atoms with Crippen molar-refractivity contribution in [3.05, 3.63) is 60.0 Å². The van der Waals surface area contributed by atoms with Crippen LogP contribution in [-0.2, 0) is 6.42 Å². The minimum absolute atomic E-state index is 0.0437. The maximum absolute atomic E-state index is 11.3. The second-order valence-electron chi connectivity index (χ2n) is 4.14. The number of nitro groups is 1. The third-order valence-electron chi connectivity index (χ3n) is 2.88. The van der Waals surface area contributed by atoms with Gasteiger partial charge in [0.1, 0.15) is 0 Å². The fourth-order valence-electron chi connectivity index (χ4n) is 1.92. The van der Waals surface area contributed by atoms with Crippen LogP contribution in [0.15, 0.2) is 39.3 Å². The summed E-state index contributed by atoms with van der Waals surface area (Å²) < 4.78 is 1.06. The van der Waals surface area contributed by atoms with E-state index in [0.29, 0.717) is 30.7 Å². The number of nitro benzene ring substituents is 1. The van der Waals surface area contributed by atoms with Crippen molar-refractivity contribution in [1.82, 2.24) is 0 Å². The van der Waals surface area contributed by atoms with Crippen molar-refractivity contribution in [3.63, 3.8) is 0 Å². The van der Waals surface area contributed by atoms with Crippen LogP contribution in [0.5, 0.6) is 0 Å². The minimum Gasteiger partial charge on any atom is -0.258 e. The van der Waals surface area contributed by atoms with Crippen molar-refractivity contribution < 1.29 is 4.92 Å². The van der Waals surface area contributed by atoms with Crippen molar-refractivity contribution >= 4 is 49.1 Å². The Labute approximate surface area is 142 Å². The molecule has 2 rings (SSSR count). The zero-order chi connectivity index (χ0) is 15.6. The van der Waals surface area contributed by atoms with Gasteiger partial charge >= 0.3 is 0 Å². The summed E-state index contributed by atoms with van der Waals surface area (Å²) in [6.07, 6.45) is 0.139. The van der Waals surface area contributed by atoms with Gasteiger partial charge in [0.25, 0.3) is 5.69 Å². The smallest absolute Gasteiger partial charge is 0.258 e. The molecule has 0 spiro atoms. The predicted molar refractivity (Wildman–Crippen MR) is 88.3 cm³/mol. The Morgan fingerprint density at radius 1 is 1.29 bits per heavy atom. The SMILES string of the molecule is N#CCc1c(Br)cc([N+](=O)[O-])c(-c2ccc(Cl)cc2)c1Br. The van der Waals surface area contributed by atoms with E-state index < -0.39 is 4.92 Å². The average Bonchev–Trinajstić information content (AvgIpc) is 2.44. The topological polar surface area (TPSA) is 66.9 Å². The summed E-state index contributed by atoms with van der Waals surface area (Å²) in [4.78, 5) is 10.9. The van der Waals surface area contributed by atoms with Gasteiger partial charge < -0.3 is 0 Å². The Bertz CT molecular complexity index is 755. The minimum atomic E-state index is -0.449. The van der Waals surface area contributed by atoms with E-state index >= 15 is 0 Å². The summed E-state index contributed by atoms with van der Waals surface area (Å²) in [7, 11) is 0. The average molecular weight is 430 g/mol. The molecule has 21 heavy (non-hydrogen) atoms. The summed E-state index contributed by atoms with van der Waals surface area (Å²) in [5.74, 6) is 0. The zero-order valence-electron chi connectivity index (χ0n) is 10.4. The maximum atomic E-state index is 11.3. The first-order valence-electron chi connectivity index (χ1n) is 5.74. The Morgan fingerprint density at radius 2 is 1.90 bits per heavy atom. The number of nitrogens with zero attached hydrogens (tertiary/aromatic N) is 2. The van der Waals surface area contributed by atoms with Crippen LogP contribution < -0.4 is 0 Å². The fourth-order valence-corrected chi connectivity index (χ4v) is 3.66. The van der Waals surface area contributed by atoms with E-state index in [9.17, 15) is 10.1 Å². The van der Waals surface area contributed by atoms with Gasteiger partial charge in [-0.25, -0.2) is 0 Å². The molecule has 0 aromatic heterocycles. The molecule has 2 aromatic rings. The molecule has 106 valence electrons. The second-order valence-corrected chi connectivity index (χ2v) is 6.23. The highest BCUT2D eigenvalue weighted by atomic mass is 79.9. The van der Waals surface area contributed by atoms with E-state index in [4.69, 9.17) is 16.9 Å². The maximum Gasteiger partial charge on any atom is 0.279 e. The van der Waals surface area contributed by atoms with E-state index in [1.54, 1.807) is 24.3 Å². The molecule has 0 bridgehead atoms. The van der Waals surface area contributed by atoms with Crippen molar-refractivity contribution in [2.45, 2.75) is 6.42 Å². The summed E-state index contributed by atoms with van der Waals surface area (Å²) in [6, 6.07) is 10.2. The second kappa shape index (κ2) is 6.56. The van der Waals surface area contributed by atoms with Gasteiger partial charge in [0.15, 0.2) is 0 Å². The fraction of sp³-hybridized carbons (Fsp3) is 0.0714. The van der Waals surface area contributed by atoms with Crippen LogP contribution in [0.25, 0.3) is 11.1 Å². The van der Waals surface area contributed by atoms with Gasteiger partial charge in [0.2, 0.25) is 0 Å². The molecule has 0 aliphatic rings. The van der Waals surface area contributed by atoms with Gasteiger partial charge in [0, 0.05) is 20.0 Å². The molecule has 0 saturated carbocycles. The van der Waals surface area contributed by atoms with Crippen LogP contribution >= 0.6 is 43.5 Å². The molecule has 0 N–H and O–H groups in total. The molecule has 0 heterocycles. The number of hydrogen-bond acceptors (Lipinski definition) is 3. The number of benzene rings is 2. The first-order valence-corrected chi connectivity index (χ1v) is 7.70. The highest BCUT2D eigenvalue weighted by Gasteiger charge is 2.23. The molecule has 0 fully saturated rings. The molecule has 2 aromatic carbocycles. The van der Waals surface area contributed by atoms with E-state index in [1.165, 1.54) is 6.07 Å². The lowest BCUT2D eigenvalue weighted by atomic mass is 10.00. The summed E-state index contributed by atoms with van der Waals surface area (Å²) in [5, 5.41) is 20.8. The standard InChI is InChI=1S/C14H7Br2ClN2O2/c15-11-7-12(19(20)21)13(14(16)10(11)5-6-18)8-1-3-9(17)4-2-8/h1-4,7H,5H2. The molecule has 0 atom stereocenters. The highest BCUT2D eigenvalue weighted by Crippen LogP contribution is 2.42. The van der Waals surface area contributed by atoms with Crippen molar-refractivity contribution in [2.75, 3.05) is 0 Å². The Morgan fingerprint density at radius 3 is 2.43 bits per heavy atom. The molecule has 0 radical (unpaired) electrons. The molecule has 0 saturated heterocycles. The summed E-state index contributed by atoms with van der Waals surface area (Å²) in [6.45, 7) is 0. The first-order chi connectivity index (χ1) is 9.95. The molecule has 0 unspecified atom stereocenters. The number of halogens is 3.